The van der Waals surface area contributed by atoms with Gasteiger partial charge in [-0.05, 0) is 19.3 Å². The zero-order valence-corrected chi connectivity index (χ0v) is 8.18. The number of hydrogen-bond donors (Lipinski definition) is 2. The summed E-state index contributed by atoms with van der Waals surface area (Å²) < 4.78 is 0. The minimum atomic E-state index is -0.216. The van der Waals surface area contributed by atoms with E-state index in [0.717, 1.165) is 0 Å². The molecule has 0 unspecified atom stereocenters. The summed E-state index contributed by atoms with van der Waals surface area (Å²) in [5.41, 5.74) is 0. The molecule has 0 aliphatic heterocycles. The molecule has 0 bridgehead atoms. The van der Waals surface area contributed by atoms with Crippen LogP contribution in [0.2, 0.25) is 0 Å². The van der Waals surface area contributed by atoms with Crippen LogP contribution >= 0.6 is 11.8 Å². The van der Waals surface area contributed by atoms with Crippen molar-refractivity contribution in [3.63, 3.8) is 0 Å². The molecule has 0 saturated heterocycles. The van der Waals surface area contributed by atoms with Crippen LogP contribution in [0.1, 0.15) is 6.92 Å². The maximum absolute atomic E-state index is 11.0. The Morgan fingerprint density at radius 3 is 3.00 bits per heavy atom. The zero-order chi connectivity index (χ0) is 9.68. The quantitative estimate of drug-likeness (QED) is 0.562. The van der Waals surface area contributed by atoms with Gasteiger partial charge in [0.05, 0.1) is 0 Å². The number of carbonyl (C=O) groups is 1. The van der Waals surface area contributed by atoms with E-state index in [1.54, 1.807) is 13.0 Å². The van der Waals surface area contributed by atoms with E-state index < -0.39 is 0 Å². The van der Waals surface area contributed by atoms with Gasteiger partial charge in [-0.3, -0.25) is 10.1 Å². The van der Waals surface area contributed by atoms with Gasteiger partial charge < -0.3 is 0 Å². The number of rotatable bonds is 3. The third kappa shape index (κ3) is 2.90. The molecule has 0 atom stereocenters. The summed E-state index contributed by atoms with van der Waals surface area (Å²) in [6.07, 6.45) is 4.93. The average molecular weight is 198 g/mol. The molecule has 0 radical (unpaired) electrons. The van der Waals surface area contributed by atoms with Crippen LogP contribution in [0.5, 0.6) is 0 Å². The first-order chi connectivity index (χ1) is 6.26. The molecule has 1 aromatic heterocycles. The van der Waals surface area contributed by atoms with E-state index in [1.165, 1.54) is 17.8 Å². The second-order valence-electron chi connectivity index (χ2n) is 2.16. The molecule has 1 heterocycles. The van der Waals surface area contributed by atoms with Crippen molar-refractivity contribution in [1.29, 1.82) is 0 Å². The lowest BCUT2D eigenvalue weighted by atomic mass is 10.5. The molecule has 0 aromatic carbocycles. The van der Waals surface area contributed by atoms with Crippen LogP contribution in [0.4, 0.5) is 5.95 Å². The second-order valence-corrected chi connectivity index (χ2v) is 2.93. The van der Waals surface area contributed by atoms with Gasteiger partial charge >= 0.3 is 0 Å². The van der Waals surface area contributed by atoms with Crippen molar-refractivity contribution in [2.45, 2.75) is 12.1 Å². The molecule has 0 fully saturated rings. The van der Waals surface area contributed by atoms with E-state index in [0.29, 0.717) is 11.1 Å². The molecule has 0 saturated carbocycles. The molecule has 2 N–H and O–H groups in total. The highest BCUT2D eigenvalue weighted by molar-refractivity contribution is 7.98. The molecule has 13 heavy (non-hydrogen) atoms. The smallest absolute Gasteiger partial charge is 0.250 e. The zero-order valence-electron chi connectivity index (χ0n) is 7.37. The van der Waals surface area contributed by atoms with Crippen molar-refractivity contribution >= 4 is 23.6 Å². The van der Waals surface area contributed by atoms with E-state index in [1.807, 2.05) is 6.26 Å². The summed E-state index contributed by atoms with van der Waals surface area (Å²) >= 11 is 1.41. The number of carbonyl (C=O) groups excluding carboxylic acids is 1. The Hall–Kier alpha value is -1.30. The number of H-pyrrole nitrogens is 1. The highest BCUT2D eigenvalue weighted by Crippen LogP contribution is 2.08. The first-order valence-electron chi connectivity index (χ1n) is 3.66. The first kappa shape index (κ1) is 9.79. The van der Waals surface area contributed by atoms with Crippen molar-refractivity contribution in [3.8, 4) is 0 Å². The molecule has 0 spiro atoms. The summed E-state index contributed by atoms with van der Waals surface area (Å²) in [6.45, 7) is 1.77. The summed E-state index contributed by atoms with van der Waals surface area (Å²) in [4.78, 5) is 15.0. The summed E-state index contributed by atoms with van der Waals surface area (Å²) in [7, 11) is 0. The summed E-state index contributed by atoms with van der Waals surface area (Å²) in [5.74, 6) is 0.152. The topological polar surface area (TPSA) is 70.7 Å². The molecular weight excluding hydrogens is 188 g/mol. The van der Waals surface area contributed by atoms with Gasteiger partial charge in [-0.2, -0.15) is 4.98 Å². The monoisotopic (exact) mass is 198 g/mol. The standard InChI is InChI=1S/C7H10N4OS/c1-3-4-5(12)8-6-9-7(13-2)11-10-6/h3-4H,1-2H3,(H2,8,9,10,11,12). The number of amides is 1. The van der Waals surface area contributed by atoms with Gasteiger partial charge in [-0.25, -0.2) is 5.10 Å². The van der Waals surface area contributed by atoms with Crippen molar-refractivity contribution in [3.05, 3.63) is 12.2 Å². The van der Waals surface area contributed by atoms with Crippen molar-refractivity contribution in [2.24, 2.45) is 0 Å². The van der Waals surface area contributed by atoms with Gasteiger partial charge in [0.15, 0.2) is 0 Å². The third-order valence-corrected chi connectivity index (χ3v) is 1.75. The predicted molar refractivity (Wildman–Crippen MR) is 51.6 cm³/mol. The first-order valence-corrected chi connectivity index (χ1v) is 4.89. The van der Waals surface area contributed by atoms with E-state index in [-0.39, 0.29) is 5.91 Å². The van der Waals surface area contributed by atoms with Crippen LogP contribution in [-0.4, -0.2) is 27.3 Å². The highest BCUT2D eigenvalue weighted by Gasteiger charge is 2.02. The Morgan fingerprint density at radius 1 is 1.69 bits per heavy atom. The SMILES string of the molecule is CC=CC(=O)Nc1nc(SC)n[nH]1. The lowest BCUT2D eigenvalue weighted by Gasteiger charge is -1.93. The van der Waals surface area contributed by atoms with Crippen molar-refractivity contribution < 1.29 is 4.79 Å². The fraction of sp³-hybridized carbons (Fsp3) is 0.286. The molecule has 0 aliphatic rings. The normalized spacial score (nSPS) is 10.6. The number of nitrogens with zero attached hydrogens (tertiary/aromatic N) is 2. The van der Waals surface area contributed by atoms with Gasteiger partial charge in [0.25, 0.3) is 0 Å². The molecule has 5 nitrogen and oxygen atoms in total. The minimum Gasteiger partial charge on any atom is -0.291 e. The van der Waals surface area contributed by atoms with Gasteiger partial charge in [0, 0.05) is 0 Å². The Kier molecular flexibility index (Phi) is 3.51. The fourth-order valence-corrected chi connectivity index (χ4v) is 1.02. The van der Waals surface area contributed by atoms with Crippen LogP contribution in [-0.2, 0) is 4.79 Å². The molecule has 1 aromatic rings. The van der Waals surface area contributed by atoms with Gasteiger partial charge in [-0.1, -0.05) is 17.8 Å². The molecule has 1 amide bonds. The Labute approximate surface area is 80.0 Å². The molecule has 6 heteroatoms. The van der Waals surface area contributed by atoms with Crippen LogP contribution in [0.3, 0.4) is 0 Å². The van der Waals surface area contributed by atoms with Gasteiger partial charge in [0.2, 0.25) is 17.0 Å². The number of hydrogen-bond acceptors (Lipinski definition) is 4. The van der Waals surface area contributed by atoms with E-state index >= 15 is 0 Å². The number of anilines is 1. The molecule has 70 valence electrons. The molecular formula is C7H10N4OS. The third-order valence-electron chi connectivity index (χ3n) is 1.21. The highest BCUT2D eigenvalue weighted by atomic mass is 32.2. The van der Waals surface area contributed by atoms with E-state index in [4.69, 9.17) is 0 Å². The van der Waals surface area contributed by atoms with E-state index in [2.05, 4.69) is 20.5 Å². The van der Waals surface area contributed by atoms with Gasteiger partial charge in [-0.15, -0.1) is 5.10 Å². The van der Waals surface area contributed by atoms with Crippen LogP contribution in [0.25, 0.3) is 0 Å². The van der Waals surface area contributed by atoms with Crippen LogP contribution in [0, 0.1) is 0 Å². The predicted octanol–water partition coefficient (Wildman–Crippen LogP) is 1.04. The summed E-state index contributed by atoms with van der Waals surface area (Å²) in [5, 5.41) is 9.57. The maximum atomic E-state index is 11.0. The number of aromatic amines is 1. The van der Waals surface area contributed by atoms with E-state index in [9.17, 15) is 4.79 Å². The molecule has 0 aliphatic carbocycles. The Morgan fingerprint density at radius 2 is 2.46 bits per heavy atom. The number of allylic oxidation sites excluding steroid dienone is 1. The second kappa shape index (κ2) is 4.66. The maximum Gasteiger partial charge on any atom is 0.250 e. The van der Waals surface area contributed by atoms with Crippen molar-refractivity contribution in [2.75, 3.05) is 11.6 Å². The number of aromatic nitrogens is 3. The van der Waals surface area contributed by atoms with Crippen molar-refractivity contribution in [1.82, 2.24) is 15.2 Å². The number of thioether (sulfide) groups is 1. The number of nitrogens with one attached hydrogen (secondary N) is 2. The minimum absolute atomic E-state index is 0.216. The lowest BCUT2D eigenvalue weighted by molar-refractivity contribution is -0.111. The Bertz CT molecular complexity index is 320. The van der Waals surface area contributed by atoms with Crippen LogP contribution in [0.15, 0.2) is 17.3 Å². The summed E-state index contributed by atoms with van der Waals surface area (Å²) in [6, 6.07) is 0. The average Bonchev–Trinajstić information content (AvgIpc) is 2.52. The fourth-order valence-electron chi connectivity index (χ4n) is 0.703. The van der Waals surface area contributed by atoms with Gasteiger partial charge in [0.1, 0.15) is 0 Å². The lowest BCUT2D eigenvalue weighted by Crippen LogP contribution is -2.08. The Balaban J connectivity index is 2.58. The molecule has 1 rings (SSSR count). The van der Waals surface area contributed by atoms with Crippen LogP contribution < -0.4 is 5.32 Å². The largest absolute Gasteiger partial charge is 0.291 e.